The number of ether oxygens (including phenoxy) is 1. The molecule has 1 aromatic carbocycles. The van der Waals surface area contributed by atoms with Crippen molar-refractivity contribution < 1.29 is 4.74 Å². The van der Waals surface area contributed by atoms with Gasteiger partial charge in [0.1, 0.15) is 5.75 Å². The van der Waals surface area contributed by atoms with Crippen LogP contribution in [-0.4, -0.2) is 23.9 Å². The Balaban J connectivity index is 2.05. The van der Waals surface area contributed by atoms with E-state index in [1.54, 1.807) is 12.4 Å². The van der Waals surface area contributed by atoms with Gasteiger partial charge in [-0.2, -0.15) is 10.2 Å². The molecule has 1 N–H and O–H groups in total. The molecular formula is C14H15N3O. The van der Waals surface area contributed by atoms with Gasteiger partial charge in [0.2, 0.25) is 0 Å². The fraction of sp³-hybridized carbons (Fsp3) is 0.286. The van der Waals surface area contributed by atoms with E-state index in [2.05, 4.69) is 33.7 Å². The molecule has 1 unspecified atom stereocenters. The average molecular weight is 241 g/mol. The van der Waals surface area contributed by atoms with E-state index in [9.17, 15) is 0 Å². The van der Waals surface area contributed by atoms with Crippen LogP contribution in [0.1, 0.15) is 22.7 Å². The fourth-order valence-electron chi connectivity index (χ4n) is 2.44. The van der Waals surface area contributed by atoms with E-state index in [1.165, 1.54) is 11.1 Å². The summed E-state index contributed by atoms with van der Waals surface area (Å²) in [6.45, 7) is 0.775. The molecule has 0 fully saturated rings. The fourth-order valence-corrected chi connectivity index (χ4v) is 2.44. The largest absolute Gasteiger partial charge is 0.493 e. The molecule has 18 heavy (non-hydrogen) atoms. The van der Waals surface area contributed by atoms with Gasteiger partial charge in [-0.25, -0.2) is 0 Å². The maximum Gasteiger partial charge on any atom is 0.127 e. The molecule has 1 aliphatic rings. The first-order valence-electron chi connectivity index (χ1n) is 6.08. The molecule has 2 heterocycles. The predicted molar refractivity (Wildman–Crippen MR) is 68.6 cm³/mol. The molecule has 0 amide bonds. The zero-order valence-electron chi connectivity index (χ0n) is 10.3. The minimum absolute atomic E-state index is 0.0913. The van der Waals surface area contributed by atoms with Crippen molar-refractivity contribution in [3.63, 3.8) is 0 Å². The molecule has 1 aromatic heterocycles. The van der Waals surface area contributed by atoms with Crippen LogP contribution < -0.4 is 10.1 Å². The lowest BCUT2D eigenvalue weighted by Gasteiger charge is -2.19. The summed E-state index contributed by atoms with van der Waals surface area (Å²) in [5.41, 5.74) is 3.55. The second kappa shape index (κ2) is 4.74. The summed E-state index contributed by atoms with van der Waals surface area (Å²) in [5.74, 6) is 1.02. The van der Waals surface area contributed by atoms with E-state index >= 15 is 0 Å². The number of rotatable bonds is 3. The van der Waals surface area contributed by atoms with Gasteiger partial charge in [-0.3, -0.25) is 0 Å². The molecule has 92 valence electrons. The molecule has 1 atom stereocenters. The Labute approximate surface area is 106 Å². The Hall–Kier alpha value is -1.94. The van der Waals surface area contributed by atoms with E-state index in [-0.39, 0.29) is 6.04 Å². The SMILES string of the molecule is CNC(c1ccnnc1)c1cccc2c1OCC2. The number of hydrogen-bond acceptors (Lipinski definition) is 4. The van der Waals surface area contributed by atoms with Crippen molar-refractivity contribution in [3.05, 3.63) is 53.3 Å². The van der Waals surface area contributed by atoms with Crippen LogP contribution in [0.2, 0.25) is 0 Å². The van der Waals surface area contributed by atoms with E-state index in [4.69, 9.17) is 4.74 Å². The number of aromatic nitrogens is 2. The standard InChI is InChI=1S/C14H15N3O/c1-15-13(11-5-7-16-17-9-11)12-4-2-3-10-6-8-18-14(10)12/h2-5,7,9,13,15H,6,8H2,1H3. The molecule has 0 saturated carbocycles. The number of fused-ring (bicyclic) bond motifs is 1. The maximum absolute atomic E-state index is 5.76. The lowest BCUT2D eigenvalue weighted by molar-refractivity contribution is 0.351. The quantitative estimate of drug-likeness (QED) is 0.888. The lowest BCUT2D eigenvalue weighted by atomic mass is 9.97. The van der Waals surface area contributed by atoms with Crippen LogP contribution in [0.15, 0.2) is 36.7 Å². The van der Waals surface area contributed by atoms with Crippen molar-refractivity contribution in [2.75, 3.05) is 13.7 Å². The summed E-state index contributed by atoms with van der Waals surface area (Å²) in [6.07, 6.45) is 4.49. The zero-order valence-corrected chi connectivity index (χ0v) is 10.3. The second-order valence-electron chi connectivity index (χ2n) is 4.33. The highest BCUT2D eigenvalue weighted by Gasteiger charge is 2.22. The van der Waals surface area contributed by atoms with Crippen molar-refractivity contribution in [1.82, 2.24) is 15.5 Å². The Morgan fingerprint density at radius 2 is 2.22 bits per heavy atom. The number of hydrogen-bond donors (Lipinski definition) is 1. The first kappa shape index (κ1) is 11.2. The minimum Gasteiger partial charge on any atom is -0.493 e. The lowest BCUT2D eigenvalue weighted by Crippen LogP contribution is -2.18. The molecule has 0 radical (unpaired) electrons. The molecular weight excluding hydrogens is 226 g/mol. The van der Waals surface area contributed by atoms with Gasteiger partial charge >= 0.3 is 0 Å². The summed E-state index contributed by atoms with van der Waals surface area (Å²) < 4.78 is 5.76. The molecule has 0 saturated heterocycles. The normalized spacial score (nSPS) is 14.9. The zero-order chi connectivity index (χ0) is 12.4. The molecule has 4 nitrogen and oxygen atoms in total. The van der Waals surface area contributed by atoms with Crippen LogP contribution in [0.4, 0.5) is 0 Å². The Bertz CT molecular complexity index is 542. The molecule has 0 aliphatic carbocycles. The third-order valence-electron chi connectivity index (χ3n) is 3.28. The minimum atomic E-state index is 0.0913. The third-order valence-corrected chi connectivity index (χ3v) is 3.28. The number of para-hydroxylation sites is 1. The van der Waals surface area contributed by atoms with Gasteiger partial charge in [0.05, 0.1) is 18.8 Å². The van der Waals surface area contributed by atoms with Crippen molar-refractivity contribution in [2.24, 2.45) is 0 Å². The average Bonchev–Trinajstić information content (AvgIpc) is 2.90. The second-order valence-corrected chi connectivity index (χ2v) is 4.33. The Morgan fingerprint density at radius 3 is 3.00 bits per heavy atom. The third kappa shape index (κ3) is 1.84. The van der Waals surface area contributed by atoms with Crippen LogP contribution in [0, 0.1) is 0 Å². The summed E-state index contributed by atoms with van der Waals surface area (Å²) in [5, 5.41) is 11.1. The molecule has 3 rings (SSSR count). The van der Waals surface area contributed by atoms with E-state index in [0.29, 0.717) is 0 Å². The Kier molecular flexibility index (Phi) is 2.94. The summed E-state index contributed by atoms with van der Waals surface area (Å²) in [6, 6.07) is 8.38. The van der Waals surface area contributed by atoms with Gasteiger partial charge in [0.25, 0.3) is 0 Å². The van der Waals surface area contributed by atoms with Gasteiger partial charge in [-0.15, -0.1) is 0 Å². The van der Waals surface area contributed by atoms with Gasteiger partial charge in [0.15, 0.2) is 0 Å². The summed E-state index contributed by atoms with van der Waals surface area (Å²) in [4.78, 5) is 0. The highest BCUT2D eigenvalue weighted by Crippen LogP contribution is 2.35. The highest BCUT2D eigenvalue weighted by atomic mass is 16.5. The molecule has 1 aliphatic heterocycles. The van der Waals surface area contributed by atoms with Crippen LogP contribution in [0.3, 0.4) is 0 Å². The summed E-state index contributed by atoms with van der Waals surface area (Å²) in [7, 11) is 1.94. The van der Waals surface area contributed by atoms with Crippen LogP contribution in [0.25, 0.3) is 0 Å². The monoisotopic (exact) mass is 241 g/mol. The van der Waals surface area contributed by atoms with Gasteiger partial charge < -0.3 is 10.1 Å². The topological polar surface area (TPSA) is 47.0 Å². The number of benzene rings is 1. The molecule has 0 spiro atoms. The van der Waals surface area contributed by atoms with E-state index < -0.39 is 0 Å². The number of nitrogens with one attached hydrogen (secondary N) is 1. The highest BCUT2D eigenvalue weighted by molar-refractivity contribution is 5.48. The molecule has 0 bridgehead atoms. The van der Waals surface area contributed by atoms with Crippen molar-refractivity contribution in [1.29, 1.82) is 0 Å². The van der Waals surface area contributed by atoms with Gasteiger partial charge in [0, 0.05) is 18.2 Å². The van der Waals surface area contributed by atoms with E-state index in [0.717, 1.165) is 24.3 Å². The molecule has 2 aromatic rings. The van der Waals surface area contributed by atoms with Gasteiger partial charge in [-0.1, -0.05) is 18.2 Å². The van der Waals surface area contributed by atoms with Gasteiger partial charge in [-0.05, 0) is 24.2 Å². The summed E-state index contributed by atoms with van der Waals surface area (Å²) >= 11 is 0. The van der Waals surface area contributed by atoms with Crippen molar-refractivity contribution >= 4 is 0 Å². The van der Waals surface area contributed by atoms with Crippen molar-refractivity contribution in [2.45, 2.75) is 12.5 Å². The maximum atomic E-state index is 5.76. The predicted octanol–water partition coefficient (Wildman–Crippen LogP) is 1.72. The van der Waals surface area contributed by atoms with Crippen LogP contribution in [0.5, 0.6) is 5.75 Å². The first-order valence-corrected chi connectivity index (χ1v) is 6.08. The van der Waals surface area contributed by atoms with Crippen LogP contribution >= 0.6 is 0 Å². The smallest absolute Gasteiger partial charge is 0.127 e. The number of nitrogens with zero attached hydrogens (tertiary/aromatic N) is 2. The Morgan fingerprint density at radius 1 is 1.28 bits per heavy atom. The van der Waals surface area contributed by atoms with E-state index in [1.807, 2.05) is 13.1 Å². The molecule has 4 heteroatoms. The van der Waals surface area contributed by atoms with Crippen molar-refractivity contribution in [3.8, 4) is 5.75 Å². The first-order chi connectivity index (χ1) is 8.90. The van der Waals surface area contributed by atoms with Crippen LogP contribution in [-0.2, 0) is 6.42 Å².